The number of hydrogen-bond donors (Lipinski definition) is 2. The minimum atomic E-state index is -0.241. The summed E-state index contributed by atoms with van der Waals surface area (Å²) in [5, 5.41) is 6.19. The van der Waals surface area contributed by atoms with Crippen molar-refractivity contribution in [1.82, 2.24) is 14.7 Å². The average Bonchev–Trinajstić information content (AvgIpc) is 3.37. The number of nitrogens with one attached hydrogen (secondary N) is 2. The number of rotatable bonds is 3. The molecule has 5 rings (SSSR count). The fraction of sp³-hybridized carbons (Fsp3) is 0.238. The molecular formula is C21H20ClFN4OS. The Kier molecular flexibility index (Phi) is 5.29. The summed E-state index contributed by atoms with van der Waals surface area (Å²) in [5.41, 5.74) is 3.88. The first kappa shape index (κ1) is 19.8. The number of halogens is 2. The molecule has 1 saturated heterocycles. The van der Waals surface area contributed by atoms with Gasteiger partial charge < -0.3 is 10.6 Å². The zero-order chi connectivity index (χ0) is 19.3. The van der Waals surface area contributed by atoms with Crippen molar-refractivity contribution in [2.45, 2.75) is 25.8 Å². The maximum absolute atomic E-state index is 14.8. The number of anilines is 1. The Hall–Kier alpha value is -2.48. The minimum absolute atomic E-state index is 0. The van der Waals surface area contributed by atoms with E-state index in [0.29, 0.717) is 11.3 Å². The molecule has 0 saturated carbocycles. The van der Waals surface area contributed by atoms with Crippen molar-refractivity contribution in [1.29, 1.82) is 0 Å². The number of aromatic nitrogens is 2. The Labute approximate surface area is 177 Å². The van der Waals surface area contributed by atoms with Gasteiger partial charge >= 0.3 is 0 Å². The van der Waals surface area contributed by atoms with Gasteiger partial charge in [0.1, 0.15) is 5.82 Å². The lowest BCUT2D eigenvalue weighted by Crippen LogP contribution is -2.12. The number of thiazole rings is 1. The first-order valence-electron chi connectivity index (χ1n) is 9.31. The highest BCUT2D eigenvalue weighted by Crippen LogP contribution is 2.33. The lowest BCUT2D eigenvalue weighted by molar-refractivity contribution is -0.114. The molecule has 1 atom stereocenters. The molecule has 3 heterocycles. The van der Waals surface area contributed by atoms with E-state index in [4.69, 9.17) is 0 Å². The average molecular weight is 431 g/mol. The monoisotopic (exact) mass is 430 g/mol. The molecule has 2 N–H and O–H groups in total. The van der Waals surface area contributed by atoms with Crippen LogP contribution in [0.1, 0.15) is 31.4 Å². The molecule has 2 aromatic carbocycles. The summed E-state index contributed by atoms with van der Waals surface area (Å²) in [7, 11) is 0. The first-order chi connectivity index (χ1) is 13.6. The van der Waals surface area contributed by atoms with Crippen LogP contribution < -0.4 is 10.6 Å². The fourth-order valence-corrected chi connectivity index (χ4v) is 4.88. The SMILES string of the molecule is CC(=O)Nc1ccc2c(c1)sc1nc(-c3ccc(C4CCCN4)cc3F)cn12.Cl. The van der Waals surface area contributed by atoms with Crippen LogP contribution in [0.2, 0.25) is 0 Å². The van der Waals surface area contributed by atoms with Gasteiger partial charge in [-0.2, -0.15) is 0 Å². The van der Waals surface area contributed by atoms with Gasteiger partial charge in [-0.15, -0.1) is 12.4 Å². The zero-order valence-electron chi connectivity index (χ0n) is 15.7. The molecule has 150 valence electrons. The second kappa shape index (κ2) is 7.74. The topological polar surface area (TPSA) is 58.4 Å². The molecule has 1 aliphatic rings. The van der Waals surface area contributed by atoms with Crippen molar-refractivity contribution < 1.29 is 9.18 Å². The van der Waals surface area contributed by atoms with E-state index < -0.39 is 0 Å². The van der Waals surface area contributed by atoms with Crippen LogP contribution in [-0.4, -0.2) is 21.8 Å². The number of hydrogen-bond acceptors (Lipinski definition) is 4. The Morgan fingerprint density at radius 3 is 2.90 bits per heavy atom. The number of carbonyl (C=O) groups excluding carboxylic acids is 1. The second-order valence-electron chi connectivity index (χ2n) is 7.13. The van der Waals surface area contributed by atoms with E-state index in [0.717, 1.165) is 45.8 Å². The Bertz CT molecular complexity index is 1210. The van der Waals surface area contributed by atoms with Crippen LogP contribution in [0.4, 0.5) is 10.1 Å². The highest BCUT2D eigenvalue weighted by Gasteiger charge is 2.19. The largest absolute Gasteiger partial charge is 0.326 e. The molecule has 0 spiro atoms. The molecule has 8 heteroatoms. The molecule has 1 fully saturated rings. The van der Waals surface area contributed by atoms with Crippen molar-refractivity contribution in [2.24, 2.45) is 0 Å². The quantitative estimate of drug-likeness (QED) is 0.472. The molecule has 0 aliphatic carbocycles. The molecule has 4 aromatic rings. The summed E-state index contributed by atoms with van der Waals surface area (Å²) in [4.78, 5) is 16.7. The number of benzene rings is 2. The lowest BCUT2D eigenvalue weighted by atomic mass is 10.0. The zero-order valence-corrected chi connectivity index (χ0v) is 17.4. The Morgan fingerprint density at radius 2 is 2.17 bits per heavy atom. The van der Waals surface area contributed by atoms with Crippen molar-refractivity contribution in [3.8, 4) is 11.3 Å². The van der Waals surface area contributed by atoms with Gasteiger partial charge in [0.2, 0.25) is 5.91 Å². The van der Waals surface area contributed by atoms with E-state index >= 15 is 0 Å². The van der Waals surface area contributed by atoms with E-state index in [9.17, 15) is 9.18 Å². The van der Waals surface area contributed by atoms with Gasteiger partial charge in [0.25, 0.3) is 0 Å². The number of fused-ring (bicyclic) bond motifs is 3. The van der Waals surface area contributed by atoms with Gasteiger partial charge in [0.05, 0.1) is 15.9 Å². The molecule has 2 aromatic heterocycles. The molecule has 1 aliphatic heterocycles. The lowest BCUT2D eigenvalue weighted by Gasteiger charge is -2.11. The third kappa shape index (κ3) is 3.61. The highest BCUT2D eigenvalue weighted by atomic mass is 35.5. The molecule has 0 bridgehead atoms. The van der Waals surface area contributed by atoms with Crippen molar-refractivity contribution in [3.63, 3.8) is 0 Å². The maximum Gasteiger partial charge on any atom is 0.221 e. The first-order valence-corrected chi connectivity index (χ1v) is 10.1. The standard InChI is InChI=1S/C21H19FN4OS.ClH/c1-12(27)24-14-5-7-19-20(10-14)28-21-25-18(11-26(19)21)15-6-4-13(9-16(15)22)17-3-2-8-23-17;/h4-7,9-11,17,23H,2-3,8H2,1H3,(H,24,27);1H. The fourth-order valence-electron chi connectivity index (χ4n) is 3.84. The van der Waals surface area contributed by atoms with E-state index in [2.05, 4.69) is 15.6 Å². The summed E-state index contributed by atoms with van der Waals surface area (Å²) in [6.45, 7) is 2.47. The van der Waals surface area contributed by atoms with Gasteiger partial charge in [-0.05, 0) is 55.3 Å². The number of carbonyl (C=O) groups is 1. The summed E-state index contributed by atoms with van der Waals surface area (Å²) >= 11 is 1.52. The van der Waals surface area contributed by atoms with Crippen LogP contribution in [0, 0.1) is 5.82 Å². The third-order valence-corrected chi connectivity index (χ3v) is 6.16. The summed E-state index contributed by atoms with van der Waals surface area (Å²) in [6.07, 6.45) is 4.05. The normalized spacial score (nSPS) is 16.3. The molecule has 29 heavy (non-hydrogen) atoms. The van der Waals surface area contributed by atoms with Crippen LogP contribution >= 0.6 is 23.7 Å². The Morgan fingerprint density at radius 1 is 1.31 bits per heavy atom. The van der Waals surface area contributed by atoms with Crippen LogP contribution in [-0.2, 0) is 4.79 Å². The number of imidazole rings is 1. The predicted molar refractivity (Wildman–Crippen MR) is 117 cm³/mol. The number of nitrogens with zero attached hydrogens (tertiary/aromatic N) is 2. The molecule has 5 nitrogen and oxygen atoms in total. The van der Waals surface area contributed by atoms with Crippen molar-refractivity contribution >= 4 is 50.5 Å². The maximum atomic E-state index is 14.8. The second-order valence-corrected chi connectivity index (χ2v) is 8.14. The number of amides is 1. The van der Waals surface area contributed by atoms with Gasteiger partial charge in [0, 0.05) is 30.4 Å². The van der Waals surface area contributed by atoms with Crippen LogP contribution in [0.25, 0.3) is 26.4 Å². The van der Waals surface area contributed by atoms with Crippen LogP contribution in [0.3, 0.4) is 0 Å². The summed E-state index contributed by atoms with van der Waals surface area (Å²) < 4.78 is 17.8. The van der Waals surface area contributed by atoms with Crippen LogP contribution in [0.5, 0.6) is 0 Å². The van der Waals surface area contributed by atoms with E-state index in [1.54, 1.807) is 6.07 Å². The highest BCUT2D eigenvalue weighted by molar-refractivity contribution is 7.23. The van der Waals surface area contributed by atoms with Crippen LogP contribution in [0.15, 0.2) is 42.6 Å². The third-order valence-electron chi connectivity index (χ3n) is 5.15. The molecule has 0 radical (unpaired) electrons. The summed E-state index contributed by atoms with van der Waals surface area (Å²) in [6, 6.07) is 11.4. The van der Waals surface area contributed by atoms with Gasteiger partial charge in [0.15, 0.2) is 4.96 Å². The molecule has 1 amide bonds. The van der Waals surface area contributed by atoms with E-state index in [-0.39, 0.29) is 30.2 Å². The Balaban J connectivity index is 0.00000205. The molecule has 1 unspecified atom stereocenters. The van der Waals surface area contributed by atoms with Gasteiger partial charge in [-0.25, -0.2) is 9.37 Å². The predicted octanol–water partition coefficient (Wildman–Crippen LogP) is 5.16. The minimum Gasteiger partial charge on any atom is -0.326 e. The summed E-state index contributed by atoms with van der Waals surface area (Å²) in [5.74, 6) is -0.344. The van der Waals surface area contributed by atoms with E-state index in [1.165, 1.54) is 18.3 Å². The van der Waals surface area contributed by atoms with E-state index in [1.807, 2.05) is 40.9 Å². The smallest absolute Gasteiger partial charge is 0.221 e. The molecular weight excluding hydrogens is 411 g/mol. The van der Waals surface area contributed by atoms with Crippen molar-refractivity contribution in [2.75, 3.05) is 11.9 Å². The van der Waals surface area contributed by atoms with Crippen molar-refractivity contribution in [3.05, 3.63) is 54.0 Å². The van der Waals surface area contributed by atoms with Gasteiger partial charge in [-0.3, -0.25) is 9.20 Å². The van der Waals surface area contributed by atoms with Gasteiger partial charge in [-0.1, -0.05) is 17.4 Å².